The topological polar surface area (TPSA) is 82.8 Å². The molecule has 3 aromatic rings. The maximum absolute atomic E-state index is 5.47. The first-order chi connectivity index (χ1) is 8.83. The Bertz CT molecular complexity index is 630. The summed E-state index contributed by atoms with van der Waals surface area (Å²) < 4.78 is 12.3. The van der Waals surface area contributed by atoms with Gasteiger partial charge in [-0.25, -0.2) is 9.67 Å². The van der Waals surface area contributed by atoms with E-state index < -0.39 is 0 Å². The molecule has 0 aliphatic rings. The van der Waals surface area contributed by atoms with Crippen molar-refractivity contribution in [1.82, 2.24) is 25.0 Å². The molecule has 3 rings (SSSR count). The van der Waals surface area contributed by atoms with Crippen LogP contribution in [0.1, 0.15) is 5.89 Å². The molecular weight excluding hydrogens is 254 g/mol. The van der Waals surface area contributed by atoms with Gasteiger partial charge in [0.05, 0.1) is 12.0 Å². The molecule has 3 aromatic heterocycles. The van der Waals surface area contributed by atoms with Crippen molar-refractivity contribution in [1.29, 1.82) is 0 Å². The molecule has 0 saturated carbocycles. The number of furan rings is 1. The summed E-state index contributed by atoms with van der Waals surface area (Å²) in [7, 11) is 1.83. The number of nitrogens with zero attached hydrogens (tertiary/aromatic N) is 5. The van der Waals surface area contributed by atoms with Gasteiger partial charge in [-0.05, 0) is 12.1 Å². The van der Waals surface area contributed by atoms with Crippen LogP contribution >= 0.6 is 11.8 Å². The fourth-order valence-corrected chi connectivity index (χ4v) is 2.08. The molecule has 0 N–H and O–H groups in total. The Morgan fingerprint density at radius 1 is 1.39 bits per heavy atom. The van der Waals surface area contributed by atoms with E-state index in [0.29, 0.717) is 23.3 Å². The van der Waals surface area contributed by atoms with E-state index in [4.69, 9.17) is 8.83 Å². The first kappa shape index (κ1) is 11.0. The van der Waals surface area contributed by atoms with Gasteiger partial charge in [-0.3, -0.25) is 0 Å². The van der Waals surface area contributed by atoms with E-state index in [1.165, 1.54) is 18.1 Å². The fourth-order valence-electron chi connectivity index (χ4n) is 1.35. The van der Waals surface area contributed by atoms with E-state index in [0.717, 1.165) is 5.16 Å². The minimum atomic E-state index is 0.383. The number of hydrogen-bond donors (Lipinski definition) is 0. The van der Waals surface area contributed by atoms with Crippen LogP contribution in [0.2, 0.25) is 0 Å². The van der Waals surface area contributed by atoms with Crippen LogP contribution in [0.3, 0.4) is 0 Å². The molecule has 8 heteroatoms. The Labute approximate surface area is 106 Å². The SMILES string of the molecule is Cn1ncnc1SCc1nnc(-c2ccco2)o1. The van der Waals surface area contributed by atoms with Crippen molar-refractivity contribution in [2.24, 2.45) is 7.05 Å². The van der Waals surface area contributed by atoms with Crippen LogP contribution in [-0.4, -0.2) is 25.0 Å². The average molecular weight is 263 g/mol. The summed E-state index contributed by atoms with van der Waals surface area (Å²) in [4.78, 5) is 4.09. The van der Waals surface area contributed by atoms with Crippen LogP contribution in [0, 0.1) is 0 Å². The van der Waals surface area contributed by atoms with Crippen molar-refractivity contribution < 1.29 is 8.83 Å². The molecule has 0 aromatic carbocycles. The van der Waals surface area contributed by atoms with Gasteiger partial charge in [-0.15, -0.1) is 10.2 Å². The van der Waals surface area contributed by atoms with Crippen LogP contribution in [0.4, 0.5) is 0 Å². The van der Waals surface area contributed by atoms with E-state index in [9.17, 15) is 0 Å². The molecule has 0 aliphatic heterocycles. The smallest absolute Gasteiger partial charge is 0.283 e. The highest BCUT2D eigenvalue weighted by Gasteiger charge is 2.12. The third-order valence-electron chi connectivity index (χ3n) is 2.19. The zero-order chi connectivity index (χ0) is 12.4. The predicted octanol–water partition coefficient (Wildman–Crippen LogP) is 1.75. The molecule has 92 valence electrons. The lowest BCUT2D eigenvalue weighted by Gasteiger charge is -1.95. The van der Waals surface area contributed by atoms with E-state index in [2.05, 4.69) is 20.3 Å². The summed E-state index contributed by atoms with van der Waals surface area (Å²) in [6, 6.07) is 3.54. The zero-order valence-electron chi connectivity index (χ0n) is 9.48. The van der Waals surface area contributed by atoms with E-state index in [-0.39, 0.29) is 0 Å². The predicted molar refractivity (Wildman–Crippen MR) is 62.6 cm³/mol. The van der Waals surface area contributed by atoms with Crippen LogP contribution in [0.25, 0.3) is 11.7 Å². The van der Waals surface area contributed by atoms with Crippen molar-refractivity contribution in [3.05, 3.63) is 30.6 Å². The van der Waals surface area contributed by atoms with Gasteiger partial charge in [-0.2, -0.15) is 5.10 Å². The maximum atomic E-state index is 5.47. The first-order valence-electron chi connectivity index (χ1n) is 5.16. The lowest BCUT2D eigenvalue weighted by atomic mass is 10.5. The molecule has 0 aliphatic carbocycles. The minimum Gasteiger partial charge on any atom is -0.459 e. The molecule has 18 heavy (non-hydrogen) atoms. The average Bonchev–Trinajstić information content (AvgIpc) is 3.08. The summed E-state index contributed by atoms with van der Waals surface area (Å²) in [6.07, 6.45) is 3.07. The largest absolute Gasteiger partial charge is 0.459 e. The molecule has 0 fully saturated rings. The summed E-state index contributed by atoms with van der Waals surface area (Å²) in [5, 5.41) is 12.6. The Hall–Kier alpha value is -2.09. The molecular formula is C10H9N5O2S. The number of aryl methyl sites for hydroxylation is 1. The highest BCUT2D eigenvalue weighted by molar-refractivity contribution is 7.98. The third kappa shape index (κ3) is 2.14. The fraction of sp³-hybridized carbons (Fsp3) is 0.200. The molecule has 7 nitrogen and oxygen atoms in total. The van der Waals surface area contributed by atoms with E-state index in [1.54, 1.807) is 23.1 Å². The monoisotopic (exact) mass is 263 g/mol. The van der Waals surface area contributed by atoms with Gasteiger partial charge in [-0.1, -0.05) is 11.8 Å². The lowest BCUT2D eigenvalue weighted by Crippen LogP contribution is -1.93. The van der Waals surface area contributed by atoms with Crippen molar-refractivity contribution in [2.75, 3.05) is 0 Å². The Morgan fingerprint density at radius 3 is 3.06 bits per heavy atom. The number of thioether (sulfide) groups is 1. The van der Waals surface area contributed by atoms with Crippen molar-refractivity contribution in [2.45, 2.75) is 10.9 Å². The van der Waals surface area contributed by atoms with Gasteiger partial charge in [0.2, 0.25) is 5.89 Å². The van der Waals surface area contributed by atoms with Crippen LogP contribution in [0.5, 0.6) is 0 Å². The van der Waals surface area contributed by atoms with Gasteiger partial charge in [0, 0.05) is 7.05 Å². The highest BCUT2D eigenvalue weighted by atomic mass is 32.2. The first-order valence-corrected chi connectivity index (χ1v) is 6.14. The molecule has 0 unspecified atom stereocenters. The van der Waals surface area contributed by atoms with Crippen molar-refractivity contribution in [3.8, 4) is 11.7 Å². The number of rotatable bonds is 4. The molecule has 3 heterocycles. The van der Waals surface area contributed by atoms with Gasteiger partial charge >= 0.3 is 0 Å². The highest BCUT2D eigenvalue weighted by Crippen LogP contribution is 2.22. The Kier molecular flexibility index (Phi) is 2.85. The normalized spacial score (nSPS) is 10.9. The van der Waals surface area contributed by atoms with E-state index >= 15 is 0 Å². The Morgan fingerprint density at radius 2 is 2.33 bits per heavy atom. The number of aromatic nitrogens is 5. The molecule has 0 radical (unpaired) electrons. The second kappa shape index (κ2) is 4.65. The lowest BCUT2D eigenvalue weighted by molar-refractivity contribution is 0.494. The van der Waals surface area contributed by atoms with Crippen LogP contribution < -0.4 is 0 Å². The van der Waals surface area contributed by atoms with Gasteiger partial charge in [0.25, 0.3) is 5.89 Å². The van der Waals surface area contributed by atoms with E-state index in [1.807, 2.05) is 7.05 Å². The van der Waals surface area contributed by atoms with Gasteiger partial charge in [0.15, 0.2) is 10.9 Å². The quantitative estimate of drug-likeness (QED) is 0.663. The summed E-state index contributed by atoms with van der Waals surface area (Å²) in [5.74, 6) is 2.01. The summed E-state index contributed by atoms with van der Waals surface area (Å²) in [6.45, 7) is 0. The van der Waals surface area contributed by atoms with Gasteiger partial charge < -0.3 is 8.83 Å². The maximum Gasteiger partial charge on any atom is 0.283 e. The zero-order valence-corrected chi connectivity index (χ0v) is 10.3. The summed E-state index contributed by atoms with van der Waals surface area (Å²) in [5.41, 5.74) is 0. The molecule has 0 bridgehead atoms. The molecule has 0 atom stereocenters. The second-order valence-electron chi connectivity index (χ2n) is 3.43. The van der Waals surface area contributed by atoms with Crippen LogP contribution in [-0.2, 0) is 12.8 Å². The number of hydrogen-bond acceptors (Lipinski definition) is 7. The molecule has 0 spiro atoms. The van der Waals surface area contributed by atoms with Crippen molar-refractivity contribution in [3.63, 3.8) is 0 Å². The standard InChI is InChI=1S/C10H9N5O2S/c1-15-10(11-6-12-15)18-5-8-13-14-9(17-8)7-3-2-4-16-7/h2-4,6H,5H2,1H3. The molecule has 0 amide bonds. The molecule has 0 saturated heterocycles. The van der Waals surface area contributed by atoms with Crippen LogP contribution in [0.15, 0.2) is 38.7 Å². The van der Waals surface area contributed by atoms with Gasteiger partial charge in [0.1, 0.15) is 6.33 Å². The summed E-state index contributed by atoms with van der Waals surface area (Å²) >= 11 is 1.48. The minimum absolute atomic E-state index is 0.383. The second-order valence-corrected chi connectivity index (χ2v) is 4.38. The third-order valence-corrected chi connectivity index (χ3v) is 3.21. The van der Waals surface area contributed by atoms with Crippen molar-refractivity contribution >= 4 is 11.8 Å². The Balaban J connectivity index is 1.69.